The highest BCUT2D eigenvalue weighted by Crippen LogP contribution is 2.26. The average molecular weight is 341 g/mol. The third-order valence-corrected chi connectivity index (χ3v) is 4.42. The topological polar surface area (TPSA) is 98.7 Å². The maximum Gasteiger partial charge on any atom is 0.308 e. The van der Waals surface area contributed by atoms with Crippen LogP contribution in [0.15, 0.2) is 0 Å². The molecule has 1 aliphatic rings. The van der Waals surface area contributed by atoms with Crippen LogP contribution in [-0.2, 0) is 14.4 Å². The molecule has 0 aromatic carbocycles. The highest BCUT2D eigenvalue weighted by molar-refractivity contribution is 5.80. The maximum atomic E-state index is 12.1. The molecule has 2 atom stereocenters. The molecule has 138 valence electrons. The Hall–Kier alpha value is -1.63. The van der Waals surface area contributed by atoms with Crippen LogP contribution in [0, 0.1) is 5.92 Å². The van der Waals surface area contributed by atoms with Crippen molar-refractivity contribution >= 4 is 17.8 Å². The highest BCUT2D eigenvalue weighted by atomic mass is 16.4. The fraction of sp³-hybridized carbons (Fsp3) is 0.824. The Morgan fingerprint density at radius 2 is 1.62 bits per heavy atom. The molecule has 1 aliphatic heterocycles. The van der Waals surface area contributed by atoms with Crippen LogP contribution in [0.3, 0.4) is 0 Å². The average Bonchev–Trinajstić information content (AvgIpc) is 2.90. The van der Waals surface area contributed by atoms with Crippen LogP contribution in [0.5, 0.6) is 0 Å². The zero-order valence-corrected chi connectivity index (χ0v) is 14.8. The summed E-state index contributed by atoms with van der Waals surface area (Å²) < 4.78 is 0. The van der Waals surface area contributed by atoms with E-state index in [4.69, 9.17) is 0 Å². The van der Waals surface area contributed by atoms with Crippen LogP contribution in [0.25, 0.3) is 0 Å². The van der Waals surface area contributed by atoms with Crippen molar-refractivity contribution in [3.05, 3.63) is 0 Å². The van der Waals surface area contributed by atoms with Crippen molar-refractivity contribution in [3.63, 3.8) is 0 Å². The Kier molecular flexibility index (Phi) is 9.37. The Morgan fingerprint density at radius 3 is 2.17 bits per heavy atom. The van der Waals surface area contributed by atoms with Gasteiger partial charge in [-0.15, -0.1) is 0 Å². The van der Waals surface area contributed by atoms with Crippen molar-refractivity contribution in [3.8, 4) is 0 Å². The molecule has 1 saturated heterocycles. The first kappa shape index (κ1) is 20.4. The predicted molar refractivity (Wildman–Crippen MR) is 91.6 cm³/mol. The van der Waals surface area contributed by atoms with Crippen LogP contribution >= 0.6 is 0 Å². The highest BCUT2D eigenvalue weighted by Gasteiger charge is 2.40. The van der Waals surface area contributed by atoms with Gasteiger partial charge in [-0.3, -0.25) is 19.3 Å². The molecule has 0 aromatic rings. The first-order valence-corrected chi connectivity index (χ1v) is 8.99. The molecule has 1 heterocycles. The molecule has 2 amide bonds. The Labute approximate surface area is 144 Å². The summed E-state index contributed by atoms with van der Waals surface area (Å²) in [6.45, 7) is 6.02. The van der Waals surface area contributed by atoms with Gasteiger partial charge in [0.2, 0.25) is 11.8 Å². The summed E-state index contributed by atoms with van der Waals surface area (Å²) in [7, 11) is 0. The summed E-state index contributed by atoms with van der Waals surface area (Å²) in [4.78, 5) is 37.3. The number of likely N-dealkylation sites (tertiary alicyclic amines) is 1. The molecule has 7 heteroatoms. The molecule has 0 spiro atoms. The number of nitrogens with one attached hydrogen (secondary N) is 2. The minimum Gasteiger partial charge on any atom is -0.481 e. The molecular weight excluding hydrogens is 310 g/mol. The standard InChI is InChI=1S/C17H31N3O4/c1-3-5-8-18-15(21)11-14-13(17(23)24)7-10-20(14)12-16(22)19-9-6-4-2/h13-14H,3-12H2,1-2H3,(H,18,21)(H,19,22)(H,23,24). The minimum absolute atomic E-state index is 0.106. The van der Waals surface area contributed by atoms with E-state index in [1.165, 1.54) is 0 Å². The number of carbonyl (C=O) groups is 3. The summed E-state index contributed by atoms with van der Waals surface area (Å²) in [6, 6.07) is -0.416. The van der Waals surface area contributed by atoms with Crippen LogP contribution in [-0.4, -0.2) is 60.0 Å². The van der Waals surface area contributed by atoms with E-state index in [1.54, 1.807) is 0 Å². The Bertz CT molecular complexity index is 428. The van der Waals surface area contributed by atoms with Gasteiger partial charge in [0.1, 0.15) is 0 Å². The quantitative estimate of drug-likeness (QED) is 0.487. The van der Waals surface area contributed by atoms with Crippen molar-refractivity contribution in [2.75, 3.05) is 26.2 Å². The van der Waals surface area contributed by atoms with Gasteiger partial charge in [0, 0.05) is 25.6 Å². The number of rotatable bonds is 11. The summed E-state index contributed by atoms with van der Waals surface area (Å²) in [5.74, 6) is -1.73. The summed E-state index contributed by atoms with van der Waals surface area (Å²) in [5, 5.41) is 15.0. The molecule has 0 aliphatic carbocycles. The van der Waals surface area contributed by atoms with Gasteiger partial charge in [-0.05, 0) is 25.8 Å². The molecule has 7 nitrogen and oxygen atoms in total. The number of aliphatic carboxylic acids is 1. The van der Waals surface area contributed by atoms with Crippen molar-refractivity contribution in [2.45, 2.75) is 58.4 Å². The zero-order valence-electron chi connectivity index (χ0n) is 14.8. The van der Waals surface area contributed by atoms with Gasteiger partial charge in [-0.1, -0.05) is 26.7 Å². The fourth-order valence-electron chi connectivity index (χ4n) is 2.98. The second kappa shape index (κ2) is 11.0. The van der Waals surface area contributed by atoms with Crippen molar-refractivity contribution in [1.82, 2.24) is 15.5 Å². The Morgan fingerprint density at radius 1 is 1.04 bits per heavy atom. The third-order valence-electron chi connectivity index (χ3n) is 4.42. The van der Waals surface area contributed by atoms with Crippen LogP contribution in [0.4, 0.5) is 0 Å². The smallest absolute Gasteiger partial charge is 0.308 e. The van der Waals surface area contributed by atoms with Gasteiger partial charge in [-0.2, -0.15) is 0 Å². The predicted octanol–water partition coefficient (Wildman–Crippen LogP) is 0.984. The fourth-order valence-corrected chi connectivity index (χ4v) is 2.98. The van der Waals surface area contributed by atoms with Gasteiger partial charge in [-0.25, -0.2) is 0 Å². The van der Waals surface area contributed by atoms with Crippen LogP contribution in [0.1, 0.15) is 52.4 Å². The number of carboxylic acids is 1. The number of carbonyl (C=O) groups excluding carboxylic acids is 2. The van der Waals surface area contributed by atoms with E-state index in [2.05, 4.69) is 17.6 Å². The van der Waals surface area contributed by atoms with Gasteiger partial charge in [0.15, 0.2) is 0 Å². The Balaban J connectivity index is 2.57. The number of carboxylic acid groups (broad SMARTS) is 1. The van der Waals surface area contributed by atoms with E-state index in [-0.39, 0.29) is 24.8 Å². The van der Waals surface area contributed by atoms with Gasteiger partial charge in [0.05, 0.1) is 12.5 Å². The monoisotopic (exact) mass is 341 g/mol. The second-order valence-corrected chi connectivity index (χ2v) is 6.38. The zero-order chi connectivity index (χ0) is 17.9. The van der Waals surface area contributed by atoms with Crippen LogP contribution in [0.2, 0.25) is 0 Å². The molecular formula is C17H31N3O4. The minimum atomic E-state index is -0.893. The van der Waals surface area contributed by atoms with E-state index < -0.39 is 17.9 Å². The van der Waals surface area contributed by atoms with E-state index in [9.17, 15) is 19.5 Å². The van der Waals surface area contributed by atoms with E-state index in [0.717, 1.165) is 25.7 Å². The molecule has 0 bridgehead atoms. The summed E-state index contributed by atoms with van der Waals surface area (Å²) in [5.41, 5.74) is 0. The molecule has 0 radical (unpaired) electrons. The lowest BCUT2D eigenvalue weighted by Gasteiger charge is -2.25. The summed E-state index contributed by atoms with van der Waals surface area (Å²) in [6.07, 6.45) is 4.43. The van der Waals surface area contributed by atoms with Crippen molar-refractivity contribution in [1.29, 1.82) is 0 Å². The van der Waals surface area contributed by atoms with E-state index >= 15 is 0 Å². The van der Waals surface area contributed by atoms with Gasteiger partial charge >= 0.3 is 5.97 Å². The normalized spacial score (nSPS) is 20.8. The lowest BCUT2D eigenvalue weighted by molar-refractivity contribution is -0.143. The lowest BCUT2D eigenvalue weighted by Crippen LogP contribution is -2.44. The van der Waals surface area contributed by atoms with E-state index in [1.807, 2.05) is 11.8 Å². The molecule has 0 aromatic heterocycles. The first-order valence-electron chi connectivity index (χ1n) is 8.99. The second-order valence-electron chi connectivity index (χ2n) is 6.38. The molecule has 3 N–H and O–H groups in total. The van der Waals surface area contributed by atoms with E-state index in [0.29, 0.717) is 26.1 Å². The number of hydrogen-bond acceptors (Lipinski definition) is 4. The van der Waals surface area contributed by atoms with Gasteiger partial charge in [0.25, 0.3) is 0 Å². The molecule has 1 rings (SSSR count). The maximum absolute atomic E-state index is 12.1. The summed E-state index contributed by atoms with van der Waals surface area (Å²) >= 11 is 0. The number of nitrogens with zero attached hydrogens (tertiary/aromatic N) is 1. The SMILES string of the molecule is CCCCNC(=O)CC1C(C(=O)O)CCN1CC(=O)NCCCC. The molecule has 2 unspecified atom stereocenters. The molecule has 0 saturated carbocycles. The number of unbranched alkanes of at least 4 members (excludes halogenated alkanes) is 2. The van der Waals surface area contributed by atoms with Crippen molar-refractivity contribution in [2.24, 2.45) is 5.92 Å². The van der Waals surface area contributed by atoms with Crippen LogP contribution < -0.4 is 10.6 Å². The number of hydrogen-bond donors (Lipinski definition) is 3. The molecule has 24 heavy (non-hydrogen) atoms. The lowest BCUT2D eigenvalue weighted by atomic mass is 9.97. The van der Waals surface area contributed by atoms with Crippen molar-refractivity contribution < 1.29 is 19.5 Å². The largest absolute Gasteiger partial charge is 0.481 e. The van der Waals surface area contributed by atoms with Gasteiger partial charge < -0.3 is 15.7 Å². The number of amides is 2. The molecule has 1 fully saturated rings. The first-order chi connectivity index (χ1) is 11.5. The third kappa shape index (κ3) is 6.86.